The summed E-state index contributed by atoms with van der Waals surface area (Å²) >= 11 is 0.859. The Balaban J connectivity index is 1.86. The second-order valence-electron chi connectivity index (χ2n) is 5.24. The third-order valence-corrected chi connectivity index (χ3v) is 4.46. The molecule has 1 aliphatic heterocycles. The number of benzene rings is 1. The lowest BCUT2D eigenvalue weighted by molar-refractivity contribution is -0.123. The Bertz CT molecular complexity index is 855. The van der Waals surface area contributed by atoms with Gasteiger partial charge in [0.1, 0.15) is 17.3 Å². The third-order valence-electron chi connectivity index (χ3n) is 3.58. The van der Waals surface area contributed by atoms with E-state index in [0.29, 0.717) is 17.1 Å². The fourth-order valence-electron chi connectivity index (χ4n) is 2.29. The molecule has 24 heavy (non-hydrogen) atoms. The first-order valence-corrected chi connectivity index (χ1v) is 8.06. The molecule has 1 atom stereocenters. The molecule has 0 saturated carbocycles. The van der Waals surface area contributed by atoms with Gasteiger partial charge in [-0.05, 0) is 43.0 Å². The summed E-state index contributed by atoms with van der Waals surface area (Å²) in [5, 5.41) is -0.337. The zero-order valence-electron chi connectivity index (χ0n) is 12.9. The van der Waals surface area contributed by atoms with E-state index < -0.39 is 0 Å². The van der Waals surface area contributed by atoms with Crippen LogP contribution in [0, 0.1) is 5.82 Å². The zero-order chi connectivity index (χ0) is 17.3. The number of hydrogen-bond donors (Lipinski definition) is 0. The van der Waals surface area contributed by atoms with Crippen molar-refractivity contribution in [1.82, 2.24) is 4.90 Å². The molecule has 3 rings (SSSR count). The molecule has 4 nitrogen and oxygen atoms in total. The van der Waals surface area contributed by atoms with Crippen LogP contribution in [-0.2, 0) is 4.79 Å². The number of halogens is 1. The molecule has 6 heteroatoms. The molecule has 0 bridgehead atoms. The topological polar surface area (TPSA) is 50.5 Å². The Morgan fingerprint density at radius 1 is 1.29 bits per heavy atom. The van der Waals surface area contributed by atoms with E-state index in [0.717, 1.165) is 16.7 Å². The van der Waals surface area contributed by atoms with Crippen molar-refractivity contribution in [3.05, 3.63) is 65.5 Å². The van der Waals surface area contributed by atoms with Gasteiger partial charge in [0.05, 0.1) is 10.9 Å². The Labute approximate surface area is 142 Å². The lowest BCUT2D eigenvalue weighted by Crippen LogP contribution is -2.35. The molecule has 2 aromatic rings. The van der Waals surface area contributed by atoms with Crippen molar-refractivity contribution in [3.63, 3.8) is 0 Å². The summed E-state index contributed by atoms with van der Waals surface area (Å²) in [5.74, 6) is 0.177. The third kappa shape index (κ3) is 3.05. The van der Waals surface area contributed by atoms with Gasteiger partial charge in [-0.3, -0.25) is 14.5 Å². The molecule has 1 aliphatic rings. The minimum atomic E-state index is -0.374. The van der Waals surface area contributed by atoms with Crippen LogP contribution in [0.15, 0.2) is 58.4 Å². The highest BCUT2D eigenvalue weighted by atomic mass is 32.2. The second-order valence-corrected chi connectivity index (χ2v) is 6.23. The standard InChI is InChI=1S/C18H14FNO3S/c1-3-11(2)20-17(21)16(24-18(20)22)10-14-7-8-15(23-14)12-5-4-6-13(19)9-12/h3-11H,1H2,2H3/b16-10-/t11-/m0/s1. The molecule has 1 aromatic carbocycles. The van der Waals surface area contributed by atoms with Crippen molar-refractivity contribution in [2.75, 3.05) is 0 Å². The molecule has 0 radical (unpaired) electrons. The minimum Gasteiger partial charge on any atom is -0.457 e. The molecule has 122 valence electrons. The Morgan fingerprint density at radius 2 is 2.08 bits per heavy atom. The minimum absolute atomic E-state index is 0.286. The van der Waals surface area contributed by atoms with Gasteiger partial charge in [0.2, 0.25) is 0 Å². The molecule has 0 aliphatic carbocycles. The predicted molar refractivity (Wildman–Crippen MR) is 91.6 cm³/mol. The van der Waals surface area contributed by atoms with Crippen LogP contribution in [-0.4, -0.2) is 22.1 Å². The van der Waals surface area contributed by atoms with Gasteiger partial charge in [0, 0.05) is 11.6 Å². The molecular weight excluding hydrogens is 329 g/mol. The second kappa shape index (κ2) is 6.49. The fraction of sp³-hybridized carbons (Fsp3) is 0.111. The van der Waals surface area contributed by atoms with Crippen molar-refractivity contribution in [1.29, 1.82) is 0 Å². The number of carbonyl (C=O) groups excluding carboxylic acids is 2. The van der Waals surface area contributed by atoms with E-state index in [1.165, 1.54) is 24.3 Å². The van der Waals surface area contributed by atoms with Crippen molar-refractivity contribution >= 4 is 29.0 Å². The summed E-state index contributed by atoms with van der Waals surface area (Å²) in [6.07, 6.45) is 3.05. The van der Waals surface area contributed by atoms with Crippen LogP contribution in [0.2, 0.25) is 0 Å². The van der Waals surface area contributed by atoms with Crippen LogP contribution in [0.1, 0.15) is 12.7 Å². The Morgan fingerprint density at radius 3 is 2.79 bits per heavy atom. The molecule has 0 spiro atoms. The SMILES string of the molecule is C=C[C@H](C)N1C(=O)S/C(=C\c2ccc(-c3cccc(F)c3)o2)C1=O. The predicted octanol–water partition coefficient (Wildman–Crippen LogP) is 4.70. The normalized spacial score (nSPS) is 17.6. The highest BCUT2D eigenvalue weighted by Crippen LogP contribution is 2.34. The van der Waals surface area contributed by atoms with E-state index in [1.54, 1.807) is 31.2 Å². The number of nitrogens with zero attached hydrogens (tertiary/aromatic N) is 1. The molecule has 1 aromatic heterocycles. The van der Waals surface area contributed by atoms with Crippen molar-refractivity contribution < 1.29 is 18.4 Å². The molecule has 2 heterocycles. The monoisotopic (exact) mass is 343 g/mol. The van der Waals surface area contributed by atoms with Gasteiger partial charge in [0.15, 0.2) is 0 Å². The van der Waals surface area contributed by atoms with Gasteiger partial charge in [-0.25, -0.2) is 4.39 Å². The highest BCUT2D eigenvalue weighted by Gasteiger charge is 2.37. The summed E-state index contributed by atoms with van der Waals surface area (Å²) in [6.45, 7) is 5.33. The molecule has 1 saturated heterocycles. The number of hydrogen-bond acceptors (Lipinski definition) is 4. The average Bonchev–Trinajstić information content (AvgIpc) is 3.12. The van der Waals surface area contributed by atoms with E-state index in [1.807, 2.05) is 0 Å². The van der Waals surface area contributed by atoms with Gasteiger partial charge in [0.25, 0.3) is 11.1 Å². The first-order valence-electron chi connectivity index (χ1n) is 7.25. The highest BCUT2D eigenvalue weighted by molar-refractivity contribution is 8.18. The van der Waals surface area contributed by atoms with E-state index in [-0.39, 0.29) is 27.9 Å². The lowest BCUT2D eigenvalue weighted by atomic mass is 10.2. The number of furan rings is 1. The maximum absolute atomic E-state index is 13.3. The number of thioether (sulfide) groups is 1. The summed E-state index contributed by atoms with van der Waals surface area (Å²) in [5.41, 5.74) is 0.600. The van der Waals surface area contributed by atoms with E-state index in [2.05, 4.69) is 6.58 Å². The van der Waals surface area contributed by atoms with Crippen LogP contribution >= 0.6 is 11.8 Å². The average molecular weight is 343 g/mol. The maximum Gasteiger partial charge on any atom is 0.294 e. The fourth-order valence-corrected chi connectivity index (χ4v) is 3.19. The first-order chi connectivity index (χ1) is 11.5. The van der Waals surface area contributed by atoms with Gasteiger partial charge in [-0.1, -0.05) is 18.2 Å². The maximum atomic E-state index is 13.3. The van der Waals surface area contributed by atoms with Gasteiger partial charge in [-0.15, -0.1) is 6.58 Å². The van der Waals surface area contributed by atoms with Crippen molar-refractivity contribution in [3.8, 4) is 11.3 Å². The van der Waals surface area contributed by atoms with Crippen molar-refractivity contribution in [2.45, 2.75) is 13.0 Å². The van der Waals surface area contributed by atoms with E-state index in [9.17, 15) is 14.0 Å². The summed E-state index contributed by atoms with van der Waals surface area (Å²) < 4.78 is 18.9. The van der Waals surface area contributed by atoms with Crippen LogP contribution < -0.4 is 0 Å². The Kier molecular flexibility index (Phi) is 4.40. The quantitative estimate of drug-likeness (QED) is 0.596. The molecular formula is C18H14FNO3S. The van der Waals surface area contributed by atoms with Gasteiger partial charge < -0.3 is 4.42 Å². The molecule has 1 fully saturated rings. The van der Waals surface area contributed by atoms with Crippen LogP contribution in [0.5, 0.6) is 0 Å². The number of imide groups is 1. The Hall–Kier alpha value is -2.60. The summed E-state index contributed by atoms with van der Waals surface area (Å²) in [4.78, 5) is 25.7. The summed E-state index contributed by atoms with van der Waals surface area (Å²) in [7, 11) is 0. The van der Waals surface area contributed by atoms with Crippen molar-refractivity contribution in [2.24, 2.45) is 0 Å². The van der Waals surface area contributed by atoms with Gasteiger partial charge >= 0.3 is 0 Å². The number of carbonyl (C=O) groups is 2. The summed E-state index contributed by atoms with van der Waals surface area (Å²) in [6, 6.07) is 9.03. The lowest BCUT2D eigenvalue weighted by Gasteiger charge is -2.17. The zero-order valence-corrected chi connectivity index (χ0v) is 13.7. The molecule has 2 amide bonds. The number of amides is 2. The van der Waals surface area contributed by atoms with Crippen LogP contribution in [0.3, 0.4) is 0 Å². The smallest absolute Gasteiger partial charge is 0.294 e. The molecule has 0 N–H and O–H groups in total. The van der Waals surface area contributed by atoms with E-state index in [4.69, 9.17) is 4.42 Å². The van der Waals surface area contributed by atoms with Crippen LogP contribution in [0.4, 0.5) is 9.18 Å². The largest absolute Gasteiger partial charge is 0.457 e. The van der Waals surface area contributed by atoms with E-state index >= 15 is 0 Å². The first kappa shape index (κ1) is 16.3. The van der Waals surface area contributed by atoms with Crippen LogP contribution in [0.25, 0.3) is 17.4 Å². The molecule has 0 unspecified atom stereocenters. The number of rotatable bonds is 4. The van der Waals surface area contributed by atoms with Gasteiger partial charge in [-0.2, -0.15) is 0 Å².